The Kier molecular flexibility index (Phi) is 2.76. The summed E-state index contributed by atoms with van der Waals surface area (Å²) >= 11 is 0. The Morgan fingerprint density at radius 2 is 2.38 bits per heavy atom. The molecule has 0 aliphatic heterocycles. The highest BCUT2D eigenvalue weighted by Crippen LogP contribution is 2.11. The van der Waals surface area contributed by atoms with Crippen LogP contribution in [0.5, 0.6) is 0 Å². The first-order valence-corrected chi connectivity index (χ1v) is 3.55. The predicted molar refractivity (Wildman–Crippen MR) is 47.8 cm³/mol. The van der Waals surface area contributed by atoms with Gasteiger partial charge in [0, 0.05) is 6.07 Å². The van der Waals surface area contributed by atoms with Gasteiger partial charge in [-0.2, -0.15) is 0 Å². The molecule has 1 atom stereocenters. The van der Waals surface area contributed by atoms with E-state index < -0.39 is 11.1 Å². The van der Waals surface area contributed by atoms with Crippen molar-refractivity contribution in [3.8, 4) is 0 Å². The molecule has 1 rings (SSSR count). The summed E-state index contributed by atoms with van der Waals surface area (Å²) in [6.07, 6.45) is 0.680. The third-order valence-electron chi connectivity index (χ3n) is 1.29. The second kappa shape index (κ2) is 3.81. The molecule has 6 heteroatoms. The van der Waals surface area contributed by atoms with Gasteiger partial charge in [0.15, 0.2) is 0 Å². The van der Waals surface area contributed by atoms with Gasteiger partial charge in [-0.1, -0.05) is 0 Å². The molecule has 13 heavy (non-hydrogen) atoms. The molecule has 6 nitrogen and oxygen atoms in total. The molecule has 0 aliphatic carbocycles. The molecule has 1 heterocycles. The van der Waals surface area contributed by atoms with Gasteiger partial charge in [0.2, 0.25) is 0 Å². The minimum Gasteiger partial charge on any atom is -0.355 e. The summed E-state index contributed by atoms with van der Waals surface area (Å²) in [5, 5.41) is 12.9. The summed E-state index contributed by atoms with van der Waals surface area (Å²) in [6.45, 7) is 3.48. The fraction of sp³-hybridized carbons (Fsp3) is 0.143. The number of nitrogens with one attached hydrogen (secondary N) is 1. The molecule has 0 spiro atoms. The molecule has 0 aromatic carbocycles. The Balaban J connectivity index is 2.75. The maximum Gasteiger partial charge on any atom is 0.287 e. The van der Waals surface area contributed by atoms with Crippen LogP contribution in [0.3, 0.4) is 0 Å². The third kappa shape index (κ3) is 2.68. The van der Waals surface area contributed by atoms with E-state index in [-0.39, 0.29) is 5.69 Å². The van der Waals surface area contributed by atoms with Crippen LogP contribution < -0.4 is 11.1 Å². The number of rotatable bonds is 3. The molecule has 1 aromatic heterocycles. The molecule has 1 aromatic rings. The van der Waals surface area contributed by atoms with E-state index in [1.807, 2.05) is 0 Å². The van der Waals surface area contributed by atoms with E-state index >= 15 is 0 Å². The summed E-state index contributed by atoms with van der Waals surface area (Å²) in [7, 11) is 0. The number of hydrogen-bond donors (Lipinski definition) is 2. The first-order chi connectivity index (χ1) is 6.09. The zero-order valence-corrected chi connectivity index (χ0v) is 6.80. The molecule has 1 unspecified atom stereocenters. The summed E-state index contributed by atoms with van der Waals surface area (Å²) in [5.41, 5.74) is 5.27. The highest BCUT2D eigenvalue weighted by molar-refractivity contribution is 5.40. The number of hydrogen-bond acceptors (Lipinski definition) is 5. The molecule has 0 saturated carbocycles. The Labute approximate surface area is 74.9 Å². The van der Waals surface area contributed by atoms with Crippen molar-refractivity contribution in [1.29, 1.82) is 0 Å². The summed E-state index contributed by atoms with van der Waals surface area (Å²) in [6, 6.07) is 2.82. The van der Waals surface area contributed by atoms with E-state index in [1.54, 1.807) is 0 Å². The largest absolute Gasteiger partial charge is 0.355 e. The Hall–Kier alpha value is -1.69. The first kappa shape index (κ1) is 9.40. The van der Waals surface area contributed by atoms with Crippen molar-refractivity contribution in [2.75, 3.05) is 5.32 Å². The molecule has 0 fully saturated rings. The quantitative estimate of drug-likeness (QED) is 0.402. The highest BCUT2D eigenvalue weighted by atomic mass is 16.6. The van der Waals surface area contributed by atoms with Gasteiger partial charge < -0.3 is 11.1 Å². The van der Waals surface area contributed by atoms with Gasteiger partial charge in [0.25, 0.3) is 5.69 Å². The number of nitro groups is 1. The maximum atomic E-state index is 10.2. The van der Waals surface area contributed by atoms with E-state index in [0.29, 0.717) is 5.82 Å². The van der Waals surface area contributed by atoms with Crippen LogP contribution in [0.1, 0.15) is 0 Å². The highest BCUT2D eigenvalue weighted by Gasteiger charge is 2.05. The average Bonchev–Trinajstić information content (AvgIpc) is 2.04. The number of pyridine rings is 1. The van der Waals surface area contributed by atoms with E-state index in [0.717, 1.165) is 6.20 Å². The lowest BCUT2D eigenvalue weighted by atomic mass is 10.4. The smallest absolute Gasteiger partial charge is 0.287 e. The van der Waals surface area contributed by atoms with Crippen LogP contribution in [-0.4, -0.2) is 16.1 Å². The van der Waals surface area contributed by atoms with Crippen molar-refractivity contribution in [2.45, 2.75) is 6.17 Å². The van der Waals surface area contributed by atoms with Crippen LogP contribution >= 0.6 is 0 Å². The number of nitrogens with zero attached hydrogens (tertiary/aromatic N) is 2. The van der Waals surface area contributed by atoms with Crippen LogP contribution in [0.2, 0.25) is 0 Å². The molecule has 1 radical (unpaired) electrons. The molecule has 69 valence electrons. The molecule has 0 amide bonds. The normalized spacial score (nSPS) is 12.2. The molecule has 0 bridgehead atoms. The molecular formula is C7H9N4O2. The fourth-order valence-corrected chi connectivity index (χ4v) is 0.769. The van der Waals surface area contributed by atoms with Gasteiger partial charge in [0.05, 0.1) is 11.1 Å². The second-order valence-electron chi connectivity index (χ2n) is 2.41. The topological polar surface area (TPSA) is 94.1 Å². The number of anilines is 1. The van der Waals surface area contributed by atoms with Crippen LogP contribution in [0.25, 0.3) is 0 Å². The summed E-state index contributed by atoms with van der Waals surface area (Å²) < 4.78 is 0. The lowest BCUT2D eigenvalue weighted by Crippen LogP contribution is -2.26. The van der Waals surface area contributed by atoms with Gasteiger partial charge in [-0.25, -0.2) is 4.98 Å². The fourth-order valence-electron chi connectivity index (χ4n) is 0.769. The zero-order valence-electron chi connectivity index (χ0n) is 6.80. The molecule has 0 saturated heterocycles. The first-order valence-electron chi connectivity index (χ1n) is 3.55. The number of aromatic nitrogens is 1. The third-order valence-corrected chi connectivity index (χ3v) is 1.29. The minimum atomic E-state index is -0.513. The van der Waals surface area contributed by atoms with Crippen molar-refractivity contribution in [2.24, 2.45) is 5.73 Å². The van der Waals surface area contributed by atoms with Crippen molar-refractivity contribution in [1.82, 2.24) is 4.98 Å². The van der Waals surface area contributed by atoms with Gasteiger partial charge in [-0.3, -0.25) is 10.1 Å². The monoisotopic (exact) mass is 181 g/mol. The van der Waals surface area contributed by atoms with Crippen LogP contribution in [0, 0.1) is 17.0 Å². The molecular weight excluding hydrogens is 172 g/mol. The van der Waals surface area contributed by atoms with Crippen molar-refractivity contribution < 1.29 is 4.92 Å². The number of nitrogens with two attached hydrogens (primary N) is 1. The van der Waals surface area contributed by atoms with Crippen molar-refractivity contribution in [3.05, 3.63) is 35.4 Å². The predicted octanol–water partition coefficient (Wildman–Crippen LogP) is 0.521. The Morgan fingerprint density at radius 1 is 1.69 bits per heavy atom. The van der Waals surface area contributed by atoms with Crippen LogP contribution in [0.4, 0.5) is 11.5 Å². The van der Waals surface area contributed by atoms with Gasteiger partial charge in [-0.05, 0) is 13.0 Å². The standard InChI is InChI=1S/C7H9N4O2/c1-5(8)10-7-3-2-6(4-9-7)11(12)13/h2-5H,1,8H2,(H,9,10). The van der Waals surface area contributed by atoms with E-state index in [9.17, 15) is 10.1 Å². The van der Waals surface area contributed by atoms with Gasteiger partial charge in [-0.15, -0.1) is 0 Å². The van der Waals surface area contributed by atoms with Crippen molar-refractivity contribution >= 4 is 11.5 Å². The average molecular weight is 181 g/mol. The van der Waals surface area contributed by atoms with Gasteiger partial charge in [0.1, 0.15) is 12.0 Å². The van der Waals surface area contributed by atoms with Gasteiger partial charge >= 0.3 is 0 Å². The zero-order chi connectivity index (χ0) is 9.84. The summed E-state index contributed by atoms with van der Waals surface area (Å²) in [4.78, 5) is 13.5. The Morgan fingerprint density at radius 3 is 2.77 bits per heavy atom. The lowest BCUT2D eigenvalue weighted by molar-refractivity contribution is -0.385. The van der Waals surface area contributed by atoms with Crippen LogP contribution in [-0.2, 0) is 0 Å². The second-order valence-corrected chi connectivity index (χ2v) is 2.41. The molecule has 0 aliphatic rings. The lowest BCUT2D eigenvalue weighted by Gasteiger charge is -2.07. The maximum absolute atomic E-state index is 10.2. The van der Waals surface area contributed by atoms with Crippen LogP contribution in [0.15, 0.2) is 18.3 Å². The van der Waals surface area contributed by atoms with E-state index in [1.165, 1.54) is 12.1 Å². The molecule has 3 N–H and O–H groups in total. The van der Waals surface area contributed by atoms with E-state index in [2.05, 4.69) is 17.2 Å². The minimum absolute atomic E-state index is 0.0526. The SMILES string of the molecule is [CH2]C(N)Nc1ccc([N+](=O)[O-])cn1. The van der Waals surface area contributed by atoms with Crippen molar-refractivity contribution in [3.63, 3.8) is 0 Å². The Bertz CT molecular complexity index is 296. The van der Waals surface area contributed by atoms with E-state index in [4.69, 9.17) is 5.73 Å². The summed E-state index contributed by atoms with van der Waals surface area (Å²) in [5.74, 6) is 0.466.